The number of nitrogens with zero attached hydrogens (tertiary/aromatic N) is 3. The second-order valence-corrected chi connectivity index (χ2v) is 3.35. The molecule has 2 heterocycles. The second-order valence-electron chi connectivity index (χ2n) is 2.54. The van der Waals surface area contributed by atoms with Gasteiger partial charge >= 0.3 is 0 Å². The Morgan fingerprint density at radius 2 is 2.33 bits per heavy atom. The maximum Gasteiger partial charge on any atom is 0.147 e. The molecule has 3 nitrogen and oxygen atoms in total. The van der Waals surface area contributed by atoms with E-state index in [2.05, 4.69) is 25.9 Å². The highest BCUT2D eigenvalue weighted by atomic mass is 79.9. The number of aryl methyl sites for hydroxylation is 1. The molecular formula is C7H5BBrN3. The van der Waals surface area contributed by atoms with E-state index >= 15 is 0 Å². The van der Waals surface area contributed by atoms with E-state index in [1.807, 2.05) is 17.5 Å². The average molecular weight is 222 g/mol. The lowest BCUT2D eigenvalue weighted by atomic mass is 10.1. The van der Waals surface area contributed by atoms with Crippen molar-refractivity contribution in [2.24, 2.45) is 0 Å². The fraction of sp³-hybridized carbons (Fsp3) is 0.143. The summed E-state index contributed by atoms with van der Waals surface area (Å²) >= 11 is 3.26. The summed E-state index contributed by atoms with van der Waals surface area (Å²) in [6.07, 6.45) is 3.60. The number of rotatable bonds is 0. The van der Waals surface area contributed by atoms with Gasteiger partial charge in [0.15, 0.2) is 0 Å². The maximum atomic E-state index is 5.65. The fourth-order valence-electron chi connectivity index (χ4n) is 1.10. The van der Waals surface area contributed by atoms with E-state index in [-0.39, 0.29) is 0 Å². The van der Waals surface area contributed by atoms with Gasteiger partial charge in [0.2, 0.25) is 0 Å². The molecule has 0 fully saturated rings. The first kappa shape index (κ1) is 7.80. The second kappa shape index (κ2) is 2.59. The minimum absolute atomic E-state index is 0.442. The standard InChI is InChI=1S/C7H5BBrN3/c1-4-2-10-7-6(8)11-5(9)3-12(4)7/h2-3H,1H3. The van der Waals surface area contributed by atoms with E-state index in [0.29, 0.717) is 15.8 Å². The zero-order valence-corrected chi connectivity index (χ0v) is 8.04. The van der Waals surface area contributed by atoms with Crippen LogP contribution in [0, 0.1) is 6.92 Å². The molecule has 0 bridgehead atoms. The summed E-state index contributed by atoms with van der Waals surface area (Å²) in [6.45, 7) is 1.96. The third-order valence-electron chi connectivity index (χ3n) is 1.67. The number of hydrogen-bond acceptors (Lipinski definition) is 2. The number of aromatic nitrogens is 3. The highest BCUT2D eigenvalue weighted by Crippen LogP contribution is 2.07. The summed E-state index contributed by atoms with van der Waals surface area (Å²) in [5.74, 6) is 0. The minimum Gasteiger partial charge on any atom is -0.301 e. The lowest BCUT2D eigenvalue weighted by molar-refractivity contribution is 1.07. The third-order valence-corrected chi connectivity index (χ3v) is 2.06. The van der Waals surface area contributed by atoms with Gasteiger partial charge in [-0.1, -0.05) is 0 Å². The number of halogens is 1. The summed E-state index contributed by atoms with van der Waals surface area (Å²) in [6, 6.07) is 0. The van der Waals surface area contributed by atoms with Gasteiger partial charge in [-0.05, 0) is 22.9 Å². The molecule has 0 amide bonds. The molecule has 0 N–H and O–H groups in total. The van der Waals surface area contributed by atoms with Gasteiger partial charge in [-0.2, -0.15) is 0 Å². The molecule has 2 radical (unpaired) electrons. The predicted molar refractivity (Wildman–Crippen MR) is 50.8 cm³/mol. The molecule has 2 rings (SSSR count). The maximum absolute atomic E-state index is 5.65. The molecule has 0 aliphatic heterocycles. The van der Waals surface area contributed by atoms with E-state index in [9.17, 15) is 0 Å². The lowest BCUT2D eigenvalue weighted by Gasteiger charge is -1.99. The van der Waals surface area contributed by atoms with E-state index in [1.54, 1.807) is 6.20 Å². The Hall–Kier alpha value is -0.835. The molecule has 5 heteroatoms. The van der Waals surface area contributed by atoms with Gasteiger partial charge in [0, 0.05) is 23.7 Å². The first-order valence-corrected chi connectivity index (χ1v) is 4.23. The molecule has 0 spiro atoms. The fourth-order valence-corrected chi connectivity index (χ4v) is 1.49. The van der Waals surface area contributed by atoms with Crippen molar-refractivity contribution in [2.75, 3.05) is 0 Å². The van der Waals surface area contributed by atoms with E-state index in [4.69, 9.17) is 7.85 Å². The molecule has 0 aliphatic carbocycles. The molecule has 0 saturated heterocycles. The quantitative estimate of drug-likeness (QED) is 0.610. The summed E-state index contributed by atoms with van der Waals surface area (Å²) in [5, 5.41) is 0. The van der Waals surface area contributed by atoms with Crippen molar-refractivity contribution < 1.29 is 0 Å². The van der Waals surface area contributed by atoms with Gasteiger partial charge in [-0.15, -0.1) is 0 Å². The summed E-state index contributed by atoms with van der Waals surface area (Å²) < 4.78 is 2.61. The highest BCUT2D eigenvalue weighted by molar-refractivity contribution is 9.10. The van der Waals surface area contributed by atoms with Gasteiger partial charge in [0.05, 0.1) is 0 Å². The van der Waals surface area contributed by atoms with Crippen molar-refractivity contribution in [3.8, 4) is 0 Å². The van der Waals surface area contributed by atoms with Crippen LogP contribution in [0.5, 0.6) is 0 Å². The third kappa shape index (κ3) is 1.05. The smallest absolute Gasteiger partial charge is 0.147 e. The SMILES string of the molecule is [B]c1nc(Br)cn2c(C)cnc12. The van der Waals surface area contributed by atoms with Crippen LogP contribution in [0.3, 0.4) is 0 Å². The Labute approximate surface area is 79.4 Å². The van der Waals surface area contributed by atoms with Crippen LogP contribution in [0.4, 0.5) is 0 Å². The zero-order valence-electron chi connectivity index (χ0n) is 6.45. The van der Waals surface area contributed by atoms with Gasteiger partial charge in [-0.25, -0.2) is 4.98 Å². The van der Waals surface area contributed by atoms with Crippen LogP contribution < -0.4 is 5.59 Å². The highest BCUT2D eigenvalue weighted by Gasteiger charge is 2.03. The average Bonchev–Trinajstić information content (AvgIpc) is 2.33. The zero-order chi connectivity index (χ0) is 8.72. The Bertz CT molecular complexity index is 437. The van der Waals surface area contributed by atoms with Crippen LogP contribution in [-0.2, 0) is 0 Å². The number of fused-ring (bicyclic) bond motifs is 1. The van der Waals surface area contributed by atoms with Gasteiger partial charge in [0.1, 0.15) is 18.1 Å². The molecule has 12 heavy (non-hydrogen) atoms. The topological polar surface area (TPSA) is 30.2 Å². The summed E-state index contributed by atoms with van der Waals surface area (Å²) in [4.78, 5) is 8.14. The number of imidazole rings is 1. The molecule has 0 aromatic carbocycles. The minimum atomic E-state index is 0.442. The molecule has 58 valence electrons. The number of hydrogen-bond donors (Lipinski definition) is 0. The van der Waals surface area contributed by atoms with Gasteiger partial charge < -0.3 is 4.40 Å². The van der Waals surface area contributed by atoms with Crippen LogP contribution in [0.15, 0.2) is 17.0 Å². The van der Waals surface area contributed by atoms with Crippen molar-refractivity contribution in [3.05, 3.63) is 22.7 Å². The van der Waals surface area contributed by atoms with Crippen molar-refractivity contribution in [1.29, 1.82) is 0 Å². The van der Waals surface area contributed by atoms with Crippen molar-refractivity contribution >= 4 is 35.0 Å². The van der Waals surface area contributed by atoms with Crippen LogP contribution in [0.2, 0.25) is 0 Å². The van der Waals surface area contributed by atoms with Gasteiger partial charge in [0.25, 0.3) is 0 Å². The van der Waals surface area contributed by atoms with Crippen molar-refractivity contribution in [3.63, 3.8) is 0 Å². The van der Waals surface area contributed by atoms with E-state index in [1.165, 1.54) is 0 Å². The Balaban J connectivity index is 2.92. The monoisotopic (exact) mass is 221 g/mol. The molecule has 0 saturated carbocycles. The molecule has 2 aromatic heterocycles. The first-order valence-electron chi connectivity index (χ1n) is 3.44. The Kier molecular flexibility index (Phi) is 1.68. The Morgan fingerprint density at radius 1 is 1.58 bits per heavy atom. The molecular weight excluding hydrogens is 217 g/mol. The van der Waals surface area contributed by atoms with E-state index in [0.717, 1.165) is 5.69 Å². The largest absolute Gasteiger partial charge is 0.301 e. The van der Waals surface area contributed by atoms with Crippen LogP contribution in [0.1, 0.15) is 5.69 Å². The molecule has 0 aliphatic rings. The van der Waals surface area contributed by atoms with E-state index < -0.39 is 0 Å². The Morgan fingerprint density at radius 3 is 3.08 bits per heavy atom. The summed E-state index contributed by atoms with van der Waals surface area (Å²) in [7, 11) is 5.65. The van der Waals surface area contributed by atoms with Gasteiger partial charge in [-0.3, -0.25) is 4.98 Å². The lowest BCUT2D eigenvalue weighted by Crippen LogP contribution is -2.13. The predicted octanol–water partition coefficient (Wildman–Crippen LogP) is 0.594. The molecule has 0 atom stereocenters. The van der Waals surface area contributed by atoms with Crippen molar-refractivity contribution in [1.82, 2.24) is 14.4 Å². The first-order chi connectivity index (χ1) is 5.68. The summed E-state index contributed by atoms with van der Waals surface area (Å²) in [5.41, 5.74) is 2.19. The molecule has 2 aromatic rings. The van der Waals surface area contributed by atoms with Crippen molar-refractivity contribution in [2.45, 2.75) is 6.92 Å². The van der Waals surface area contributed by atoms with Crippen LogP contribution in [-0.4, -0.2) is 22.2 Å². The van der Waals surface area contributed by atoms with Crippen LogP contribution in [0.25, 0.3) is 5.65 Å². The van der Waals surface area contributed by atoms with Crippen LogP contribution >= 0.6 is 15.9 Å². The molecule has 0 unspecified atom stereocenters. The normalized spacial score (nSPS) is 10.8.